The molecule has 0 radical (unpaired) electrons. The van der Waals surface area contributed by atoms with Gasteiger partial charge in [-0.2, -0.15) is 0 Å². The standard InChI is InChI=1S/C21H29ClN2O2/c1-15-7-9-16(10-8-15)5-4-6-20(26)19-13-17(22)18(24(19)3)11-12-21(2,23)14-25/h7-10,13,25H,4-6,11-12,14,23H2,1-3H3. The van der Waals surface area contributed by atoms with Crippen molar-refractivity contribution >= 4 is 17.4 Å². The lowest BCUT2D eigenvalue weighted by molar-refractivity contribution is 0.0972. The molecular weight excluding hydrogens is 348 g/mol. The minimum atomic E-state index is -0.647. The van der Waals surface area contributed by atoms with Crippen molar-refractivity contribution < 1.29 is 9.90 Å². The van der Waals surface area contributed by atoms with E-state index in [2.05, 4.69) is 31.2 Å². The summed E-state index contributed by atoms with van der Waals surface area (Å²) in [6.07, 6.45) is 3.42. The number of carbonyl (C=O) groups is 1. The minimum absolute atomic E-state index is 0.0835. The third-order valence-corrected chi connectivity index (χ3v) is 5.20. The number of nitrogens with zero attached hydrogens (tertiary/aromatic N) is 1. The second kappa shape index (κ2) is 8.85. The summed E-state index contributed by atoms with van der Waals surface area (Å²) >= 11 is 6.33. The molecule has 2 rings (SSSR count). The maximum Gasteiger partial charge on any atom is 0.179 e. The van der Waals surface area contributed by atoms with Gasteiger partial charge in [0.05, 0.1) is 17.3 Å². The molecule has 1 aromatic carbocycles. The first-order chi connectivity index (χ1) is 12.2. The fraction of sp³-hybridized carbons (Fsp3) is 0.476. The number of rotatable bonds is 9. The number of aryl methyl sites for hydroxylation is 2. The molecule has 5 heteroatoms. The molecule has 0 spiro atoms. The van der Waals surface area contributed by atoms with Crippen molar-refractivity contribution in [3.05, 3.63) is 57.9 Å². The van der Waals surface area contributed by atoms with Crippen LogP contribution in [0.3, 0.4) is 0 Å². The quantitative estimate of drug-likeness (QED) is 0.653. The van der Waals surface area contributed by atoms with Crippen molar-refractivity contribution in [1.29, 1.82) is 0 Å². The number of hydrogen-bond donors (Lipinski definition) is 2. The lowest BCUT2D eigenvalue weighted by Gasteiger charge is -2.21. The predicted octanol–water partition coefficient (Wildman–Crippen LogP) is 3.83. The number of Topliss-reactive ketones (excluding diaryl/α,β-unsaturated/α-hetero) is 1. The van der Waals surface area contributed by atoms with Gasteiger partial charge in [-0.05, 0) is 51.2 Å². The maximum atomic E-state index is 12.6. The highest BCUT2D eigenvalue weighted by Crippen LogP contribution is 2.25. The molecule has 1 unspecified atom stereocenters. The summed E-state index contributed by atoms with van der Waals surface area (Å²) in [6.45, 7) is 3.79. The number of halogens is 1. The lowest BCUT2D eigenvalue weighted by atomic mass is 9.97. The molecule has 0 aliphatic heterocycles. The molecular formula is C21H29ClN2O2. The third kappa shape index (κ3) is 5.44. The molecule has 1 atom stereocenters. The fourth-order valence-electron chi connectivity index (χ4n) is 2.98. The van der Waals surface area contributed by atoms with Gasteiger partial charge in [0.25, 0.3) is 0 Å². The fourth-order valence-corrected chi connectivity index (χ4v) is 3.30. The molecule has 3 N–H and O–H groups in total. The van der Waals surface area contributed by atoms with Crippen LogP contribution < -0.4 is 5.73 Å². The van der Waals surface area contributed by atoms with Gasteiger partial charge in [-0.25, -0.2) is 0 Å². The van der Waals surface area contributed by atoms with Crippen molar-refractivity contribution in [2.75, 3.05) is 6.61 Å². The number of benzene rings is 1. The molecule has 4 nitrogen and oxygen atoms in total. The normalized spacial score (nSPS) is 13.6. The van der Waals surface area contributed by atoms with E-state index >= 15 is 0 Å². The van der Waals surface area contributed by atoms with Crippen LogP contribution in [0.25, 0.3) is 0 Å². The Morgan fingerprint density at radius 3 is 2.54 bits per heavy atom. The Morgan fingerprint density at radius 2 is 1.92 bits per heavy atom. The van der Waals surface area contributed by atoms with Crippen LogP contribution in [0, 0.1) is 6.92 Å². The Labute approximate surface area is 161 Å². The number of aromatic nitrogens is 1. The van der Waals surface area contributed by atoms with Gasteiger partial charge < -0.3 is 15.4 Å². The van der Waals surface area contributed by atoms with E-state index in [-0.39, 0.29) is 12.4 Å². The topological polar surface area (TPSA) is 68.2 Å². The first-order valence-corrected chi connectivity index (χ1v) is 9.44. The zero-order valence-electron chi connectivity index (χ0n) is 15.9. The van der Waals surface area contributed by atoms with Crippen LogP contribution in [-0.2, 0) is 19.9 Å². The largest absolute Gasteiger partial charge is 0.394 e. The average Bonchev–Trinajstić information content (AvgIpc) is 2.89. The van der Waals surface area contributed by atoms with Crippen molar-refractivity contribution in [3.63, 3.8) is 0 Å². The molecule has 1 aromatic heterocycles. The highest BCUT2D eigenvalue weighted by atomic mass is 35.5. The lowest BCUT2D eigenvalue weighted by Crippen LogP contribution is -2.40. The minimum Gasteiger partial charge on any atom is -0.394 e. The van der Waals surface area contributed by atoms with Crippen LogP contribution >= 0.6 is 11.6 Å². The van der Waals surface area contributed by atoms with Crippen LogP contribution in [0.4, 0.5) is 0 Å². The van der Waals surface area contributed by atoms with Gasteiger partial charge in [0.1, 0.15) is 0 Å². The molecule has 0 amide bonds. The predicted molar refractivity (Wildman–Crippen MR) is 107 cm³/mol. The highest BCUT2D eigenvalue weighted by molar-refractivity contribution is 6.31. The smallest absolute Gasteiger partial charge is 0.179 e. The Bertz CT molecular complexity index is 748. The van der Waals surface area contributed by atoms with Crippen LogP contribution in [0.2, 0.25) is 5.02 Å². The molecule has 0 saturated carbocycles. The van der Waals surface area contributed by atoms with E-state index in [4.69, 9.17) is 17.3 Å². The Balaban J connectivity index is 1.96. The van der Waals surface area contributed by atoms with Gasteiger partial charge in [-0.15, -0.1) is 0 Å². The van der Waals surface area contributed by atoms with Gasteiger partial charge in [0, 0.05) is 24.7 Å². The molecule has 0 bridgehead atoms. The first kappa shape index (κ1) is 20.7. The second-order valence-corrected chi connectivity index (χ2v) is 7.86. The van der Waals surface area contributed by atoms with E-state index in [1.807, 2.05) is 11.6 Å². The maximum absolute atomic E-state index is 12.6. The molecule has 0 fully saturated rings. The number of nitrogens with two attached hydrogens (primary N) is 1. The van der Waals surface area contributed by atoms with E-state index in [9.17, 15) is 9.90 Å². The van der Waals surface area contributed by atoms with E-state index < -0.39 is 5.54 Å². The summed E-state index contributed by atoms with van der Waals surface area (Å²) in [5, 5.41) is 9.88. The summed E-state index contributed by atoms with van der Waals surface area (Å²) in [7, 11) is 1.86. The molecule has 142 valence electrons. The Hall–Kier alpha value is -1.62. The molecule has 1 heterocycles. The van der Waals surface area contributed by atoms with Gasteiger partial charge in [0.2, 0.25) is 0 Å². The number of ketones is 1. The van der Waals surface area contributed by atoms with Crippen LogP contribution in [0.5, 0.6) is 0 Å². The number of aliphatic hydroxyl groups is 1. The second-order valence-electron chi connectivity index (χ2n) is 7.46. The van der Waals surface area contributed by atoms with Crippen LogP contribution in [0.15, 0.2) is 30.3 Å². The zero-order valence-corrected chi connectivity index (χ0v) is 16.6. The Morgan fingerprint density at radius 1 is 1.27 bits per heavy atom. The van der Waals surface area contributed by atoms with Crippen molar-refractivity contribution in [3.8, 4) is 0 Å². The van der Waals surface area contributed by atoms with Gasteiger partial charge >= 0.3 is 0 Å². The van der Waals surface area contributed by atoms with Gasteiger partial charge in [0.15, 0.2) is 5.78 Å². The third-order valence-electron chi connectivity index (χ3n) is 4.88. The molecule has 26 heavy (non-hydrogen) atoms. The summed E-state index contributed by atoms with van der Waals surface area (Å²) in [6, 6.07) is 10.2. The average molecular weight is 377 g/mol. The SMILES string of the molecule is Cc1ccc(CCCC(=O)c2cc(Cl)c(CCC(C)(N)CO)n2C)cc1. The highest BCUT2D eigenvalue weighted by Gasteiger charge is 2.21. The van der Waals surface area contributed by atoms with E-state index in [1.54, 1.807) is 13.0 Å². The molecule has 0 saturated heterocycles. The summed E-state index contributed by atoms with van der Waals surface area (Å²) in [5.74, 6) is 0.102. The van der Waals surface area contributed by atoms with Gasteiger partial charge in [-0.3, -0.25) is 4.79 Å². The number of carbonyl (C=O) groups excluding carboxylic acids is 1. The number of aliphatic hydroxyl groups excluding tert-OH is 1. The van der Waals surface area contributed by atoms with E-state index in [0.29, 0.717) is 30.0 Å². The van der Waals surface area contributed by atoms with E-state index in [1.165, 1.54) is 11.1 Å². The summed E-state index contributed by atoms with van der Waals surface area (Å²) in [5.41, 5.74) is 9.36. The van der Waals surface area contributed by atoms with Crippen LogP contribution in [0.1, 0.15) is 53.5 Å². The van der Waals surface area contributed by atoms with Crippen molar-refractivity contribution in [2.24, 2.45) is 12.8 Å². The number of hydrogen-bond acceptors (Lipinski definition) is 3. The van der Waals surface area contributed by atoms with E-state index in [0.717, 1.165) is 18.5 Å². The molecule has 0 aliphatic rings. The Kier molecular flexibility index (Phi) is 7.04. The van der Waals surface area contributed by atoms with Crippen molar-refractivity contribution in [2.45, 2.75) is 51.5 Å². The molecule has 2 aromatic rings. The summed E-state index contributed by atoms with van der Waals surface area (Å²) < 4.78 is 1.87. The van der Waals surface area contributed by atoms with Crippen LogP contribution in [-0.4, -0.2) is 27.6 Å². The first-order valence-electron chi connectivity index (χ1n) is 9.06. The molecule has 0 aliphatic carbocycles. The van der Waals surface area contributed by atoms with Gasteiger partial charge in [-0.1, -0.05) is 41.4 Å². The monoisotopic (exact) mass is 376 g/mol. The zero-order chi connectivity index (χ0) is 19.3. The van der Waals surface area contributed by atoms with Crippen molar-refractivity contribution in [1.82, 2.24) is 4.57 Å². The summed E-state index contributed by atoms with van der Waals surface area (Å²) in [4.78, 5) is 12.6.